The third-order valence-electron chi connectivity index (χ3n) is 3.08. The molecule has 8 heteroatoms. The van der Waals surface area contributed by atoms with Crippen LogP contribution in [0.3, 0.4) is 0 Å². The van der Waals surface area contributed by atoms with Gasteiger partial charge in [-0.25, -0.2) is 0 Å². The highest BCUT2D eigenvalue weighted by molar-refractivity contribution is 6.34. The standard InChI is InChI=1S/C11H11Cl2N3O3/c12-8-5-7(9(13)15-14-8)10(17)16-3-1-6(2-4-16)11(18)19/h5-6H,1-4H2,(H,18,19). The van der Waals surface area contributed by atoms with E-state index in [9.17, 15) is 9.59 Å². The van der Waals surface area contributed by atoms with Gasteiger partial charge in [-0.15, -0.1) is 10.2 Å². The maximum absolute atomic E-state index is 12.2. The van der Waals surface area contributed by atoms with Gasteiger partial charge in [-0.2, -0.15) is 0 Å². The van der Waals surface area contributed by atoms with Gasteiger partial charge in [-0.3, -0.25) is 9.59 Å². The quantitative estimate of drug-likeness (QED) is 0.899. The van der Waals surface area contributed by atoms with Gasteiger partial charge in [0, 0.05) is 13.1 Å². The number of hydrogen-bond donors (Lipinski definition) is 1. The maximum Gasteiger partial charge on any atom is 0.306 e. The Morgan fingerprint density at radius 2 is 1.89 bits per heavy atom. The first-order valence-corrected chi connectivity index (χ1v) is 6.45. The first-order chi connectivity index (χ1) is 8.99. The van der Waals surface area contributed by atoms with Crippen LogP contribution in [-0.2, 0) is 4.79 Å². The molecule has 19 heavy (non-hydrogen) atoms. The molecule has 0 spiro atoms. The summed E-state index contributed by atoms with van der Waals surface area (Å²) in [4.78, 5) is 24.6. The van der Waals surface area contributed by atoms with Crippen molar-refractivity contribution in [2.75, 3.05) is 13.1 Å². The van der Waals surface area contributed by atoms with Gasteiger partial charge >= 0.3 is 5.97 Å². The lowest BCUT2D eigenvalue weighted by molar-refractivity contribution is -0.143. The Balaban J connectivity index is 2.09. The Morgan fingerprint density at radius 3 is 2.47 bits per heavy atom. The number of carboxylic acids is 1. The number of nitrogens with zero attached hydrogens (tertiary/aromatic N) is 3. The van der Waals surface area contributed by atoms with Crippen molar-refractivity contribution < 1.29 is 14.7 Å². The average Bonchev–Trinajstić information content (AvgIpc) is 2.41. The molecule has 0 unspecified atom stereocenters. The molecule has 1 aromatic heterocycles. The van der Waals surface area contributed by atoms with Crippen LogP contribution in [0.1, 0.15) is 23.2 Å². The largest absolute Gasteiger partial charge is 0.481 e. The molecule has 1 aromatic rings. The van der Waals surface area contributed by atoms with Crippen LogP contribution in [-0.4, -0.2) is 45.2 Å². The van der Waals surface area contributed by atoms with E-state index in [1.807, 2.05) is 0 Å². The number of hydrogen-bond acceptors (Lipinski definition) is 4. The molecule has 1 fully saturated rings. The molecule has 0 saturated carbocycles. The first-order valence-electron chi connectivity index (χ1n) is 5.70. The number of carboxylic acid groups (broad SMARTS) is 1. The highest BCUT2D eigenvalue weighted by Gasteiger charge is 2.28. The summed E-state index contributed by atoms with van der Waals surface area (Å²) in [6.07, 6.45) is 0.871. The minimum absolute atomic E-state index is 0.00485. The van der Waals surface area contributed by atoms with E-state index in [2.05, 4.69) is 10.2 Å². The molecule has 2 heterocycles. The van der Waals surface area contributed by atoms with Gasteiger partial charge in [-0.1, -0.05) is 23.2 Å². The number of amides is 1. The molecule has 1 saturated heterocycles. The van der Waals surface area contributed by atoms with E-state index in [-0.39, 0.29) is 21.8 Å². The molecule has 1 aliphatic rings. The fraction of sp³-hybridized carbons (Fsp3) is 0.455. The first kappa shape index (κ1) is 14.0. The van der Waals surface area contributed by atoms with Crippen LogP contribution < -0.4 is 0 Å². The topological polar surface area (TPSA) is 83.4 Å². The van der Waals surface area contributed by atoms with E-state index < -0.39 is 11.9 Å². The van der Waals surface area contributed by atoms with Gasteiger partial charge in [0.05, 0.1) is 11.5 Å². The third kappa shape index (κ3) is 3.13. The highest BCUT2D eigenvalue weighted by Crippen LogP contribution is 2.22. The normalized spacial score (nSPS) is 16.4. The van der Waals surface area contributed by atoms with Gasteiger partial charge in [-0.05, 0) is 18.9 Å². The van der Waals surface area contributed by atoms with E-state index in [4.69, 9.17) is 28.3 Å². The molecule has 0 aliphatic carbocycles. The van der Waals surface area contributed by atoms with Crippen LogP contribution in [0.5, 0.6) is 0 Å². The number of carbonyl (C=O) groups excluding carboxylic acids is 1. The van der Waals surface area contributed by atoms with Gasteiger partial charge < -0.3 is 10.0 Å². The molecule has 6 nitrogen and oxygen atoms in total. The predicted octanol–water partition coefficient (Wildman–Crippen LogP) is 1.72. The Labute approximate surface area is 119 Å². The summed E-state index contributed by atoms with van der Waals surface area (Å²) in [5.74, 6) is -1.51. The van der Waals surface area contributed by atoms with Gasteiger partial charge in [0.25, 0.3) is 5.91 Å². The minimum atomic E-state index is -0.821. The van der Waals surface area contributed by atoms with E-state index >= 15 is 0 Å². The van der Waals surface area contributed by atoms with Crippen LogP contribution in [0.4, 0.5) is 0 Å². The van der Waals surface area contributed by atoms with Crippen LogP contribution in [0.15, 0.2) is 6.07 Å². The molecule has 102 valence electrons. The van der Waals surface area contributed by atoms with Crippen molar-refractivity contribution in [3.8, 4) is 0 Å². The monoisotopic (exact) mass is 303 g/mol. The fourth-order valence-corrected chi connectivity index (χ4v) is 2.32. The Bertz CT molecular complexity index is 516. The van der Waals surface area contributed by atoms with Crippen LogP contribution >= 0.6 is 23.2 Å². The molecule has 0 bridgehead atoms. The summed E-state index contributed by atoms with van der Waals surface area (Å²) in [5.41, 5.74) is 0.190. The van der Waals surface area contributed by atoms with Crippen molar-refractivity contribution in [3.63, 3.8) is 0 Å². The van der Waals surface area contributed by atoms with Crippen molar-refractivity contribution in [2.45, 2.75) is 12.8 Å². The van der Waals surface area contributed by atoms with Crippen LogP contribution in [0, 0.1) is 5.92 Å². The number of rotatable bonds is 2. The van der Waals surface area contributed by atoms with Crippen molar-refractivity contribution in [1.82, 2.24) is 15.1 Å². The van der Waals surface area contributed by atoms with Crippen molar-refractivity contribution in [2.24, 2.45) is 5.92 Å². The molecule has 0 radical (unpaired) electrons. The second-order valence-corrected chi connectivity index (χ2v) is 5.02. The molecular formula is C11H11Cl2N3O3. The van der Waals surface area contributed by atoms with Gasteiger partial charge in [0.2, 0.25) is 0 Å². The lowest BCUT2D eigenvalue weighted by Crippen LogP contribution is -2.40. The number of halogens is 2. The molecule has 1 N–H and O–H groups in total. The van der Waals surface area contributed by atoms with Gasteiger partial charge in [0.15, 0.2) is 10.3 Å². The molecular weight excluding hydrogens is 293 g/mol. The SMILES string of the molecule is O=C(O)C1CCN(C(=O)c2cc(Cl)nnc2Cl)CC1. The smallest absolute Gasteiger partial charge is 0.306 e. The van der Waals surface area contributed by atoms with Crippen molar-refractivity contribution in [1.29, 1.82) is 0 Å². The van der Waals surface area contributed by atoms with E-state index in [0.29, 0.717) is 25.9 Å². The zero-order valence-electron chi connectivity index (χ0n) is 9.84. The van der Waals surface area contributed by atoms with Gasteiger partial charge in [0.1, 0.15) is 0 Å². The zero-order chi connectivity index (χ0) is 14.0. The summed E-state index contributed by atoms with van der Waals surface area (Å²) in [6, 6.07) is 1.36. The Hall–Kier alpha value is -1.40. The molecule has 0 atom stereocenters. The highest BCUT2D eigenvalue weighted by atomic mass is 35.5. The summed E-state index contributed by atoms with van der Waals surface area (Å²) in [6.45, 7) is 0.762. The molecule has 2 rings (SSSR count). The molecule has 1 amide bonds. The maximum atomic E-state index is 12.2. The Morgan fingerprint density at radius 1 is 1.26 bits per heavy atom. The lowest BCUT2D eigenvalue weighted by Gasteiger charge is -2.30. The zero-order valence-corrected chi connectivity index (χ0v) is 11.4. The minimum Gasteiger partial charge on any atom is -0.481 e. The van der Waals surface area contributed by atoms with E-state index in [1.54, 1.807) is 4.90 Å². The predicted molar refractivity (Wildman–Crippen MR) is 68.3 cm³/mol. The van der Waals surface area contributed by atoms with E-state index in [0.717, 1.165) is 0 Å². The number of piperidine rings is 1. The van der Waals surface area contributed by atoms with Crippen LogP contribution in [0.25, 0.3) is 0 Å². The summed E-state index contributed by atoms with van der Waals surface area (Å²) >= 11 is 11.5. The summed E-state index contributed by atoms with van der Waals surface area (Å²) < 4.78 is 0. The number of carbonyl (C=O) groups is 2. The van der Waals surface area contributed by atoms with Crippen molar-refractivity contribution in [3.05, 3.63) is 21.9 Å². The number of likely N-dealkylation sites (tertiary alicyclic amines) is 1. The lowest BCUT2D eigenvalue weighted by atomic mass is 9.97. The second kappa shape index (κ2) is 5.71. The Kier molecular flexibility index (Phi) is 4.21. The van der Waals surface area contributed by atoms with E-state index in [1.165, 1.54) is 6.07 Å². The van der Waals surface area contributed by atoms with Crippen LogP contribution in [0.2, 0.25) is 10.3 Å². The number of aliphatic carboxylic acids is 1. The summed E-state index contributed by atoms with van der Waals surface area (Å²) in [7, 11) is 0. The molecule has 0 aromatic carbocycles. The van der Waals surface area contributed by atoms with Crippen molar-refractivity contribution >= 4 is 35.1 Å². The average molecular weight is 304 g/mol. The second-order valence-electron chi connectivity index (χ2n) is 4.28. The number of aromatic nitrogens is 2. The fourth-order valence-electron chi connectivity index (χ4n) is 2.00. The third-order valence-corrected chi connectivity index (χ3v) is 3.54. The summed E-state index contributed by atoms with van der Waals surface area (Å²) in [5, 5.41) is 16.1. The molecule has 1 aliphatic heterocycles.